The van der Waals surface area contributed by atoms with Crippen molar-refractivity contribution in [3.8, 4) is 11.8 Å². The largest absolute Gasteiger partial charge is 0.497 e. The van der Waals surface area contributed by atoms with Crippen LogP contribution >= 0.6 is 23.1 Å². The Morgan fingerprint density at radius 3 is 2.70 bits per heavy atom. The normalized spacial score (nSPS) is 17.8. The molecule has 1 aliphatic heterocycles. The molecule has 1 amide bonds. The third-order valence-electron chi connectivity index (χ3n) is 7.08. The third kappa shape index (κ3) is 6.08. The lowest BCUT2D eigenvalue weighted by molar-refractivity contribution is -0.384. The van der Waals surface area contributed by atoms with Crippen molar-refractivity contribution >= 4 is 51.3 Å². The molecule has 3 aromatic rings. The molecule has 0 saturated heterocycles. The summed E-state index contributed by atoms with van der Waals surface area (Å²) in [5, 5.41) is 32.8. The minimum absolute atomic E-state index is 0.0227. The second kappa shape index (κ2) is 11.9. The van der Waals surface area contributed by atoms with E-state index in [0.717, 1.165) is 17.3 Å². The van der Waals surface area contributed by atoms with Crippen molar-refractivity contribution in [2.75, 3.05) is 23.1 Å². The summed E-state index contributed by atoms with van der Waals surface area (Å²) in [6.45, 7) is 4.02. The van der Waals surface area contributed by atoms with Gasteiger partial charge in [0.15, 0.2) is 10.1 Å². The lowest BCUT2D eigenvalue weighted by atomic mass is 9.68. The zero-order valence-electron chi connectivity index (χ0n) is 23.5. The fourth-order valence-corrected chi connectivity index (χ4v) is 6.91. The number of nitro benzene ring substituents is 1. The minimum atomic E-state index is -0.634. The average Bonchev–Trinajstić information content (AvgIpc) is 3.43. The first-order chi connectivity index (χ1) is 20.5. The maximum absolute atomic E-state index is 13.7. The summed E-state index contributed by atoms with van der Waals surface area (Å²) in [5.74, 6) is -0.272. The van der Waals surface area contributed by atoms with Crippen LogP contribution in [0.3, 0.4) is 0 Å². The topological polar surface area (TPSA) is 177 Å². The number of Topliss-reactive ketones (excluding diaryl/α,β-unsaturated/α-hetero) is 1. The van der Waals surface area contributed by atoms with Crippen LogP contribution in [0, 0.1) is 26.9 Å². The molecule has 43 heavy (non-hydrogen) atoms. The van der Waals surface area contributed by atoms with Crippen LogP contribution in [-0.4, -0.2) is 39.7 Å². The Balaban J connectivity index is 1.43. The Labute approximate surface area is 255 Å². The number of aromatic nitrogens is 2. The van der Waals surface area contributed by atoms with Gasteiger partial charge in [0.1, 0.15) is 11.6 Å². The molecule has 5 rings (SSSR count). The van der Waals surface area contributed by atoms with Crippen LogP contribution < -0.4 is 20.7 Å². The number of nitrogens with one attached hydrogen (secondary N) is 1. The van der Waals surface area contributed by atoms with E-state index in [1.54, 1.807) is 30.2 Å². The number of methoxy groups -OCH3 is 1. The van der Waals surface area contributed by atoms with Crippen LogP contribution in [0.1, 0.15) is 38.2 Å². The fourth-order valence-electron chi connectivity index (χ4n) is 5.23. The van der Waals surface area contributed by atoms with E-state index in [1.807, 2.05) is 26.0 Å². The van der Waals surface area contributed by atoms with Gasteiger partial charge in [0.05, 0.1) is 35.3 Å². The Morgan fingerprint density at radius 1 is 1.28 bits per heavy atom. The number of nitrogens with zero attached hydrogens (tertiary/aromatic N) is 5. The number of carbonyl (C=O) groups is 2. The van der Waals surface area contributed by atoms with E-state index in [9.17, 15) is 25.0 Å². The van der Waals surface area contributed by atoms with E-state index < -0.39 is 10.8 Å². The van der Waals surface area contributed by atoms with Gasteiger partial charge in [0.25, 0.3) is 5.69 Å². The first-order valence-corrected chi connectivity index (χ1v) is 14.9. The number of hydrogen-bond donors (Lipinski definition) is 2. The van der Waals surface area contributed by atoms with Crippen LogP contribution in [0.15, 0.2) is 75.5 Å². The Hall–Kier alpha value is -4.74. The van der Waals surface area contributed by atoms with Crippen molar-refractivity contribution in [2.24, 2.45) is 11.1 Å². The summed E-state index contributed by atoms with van der Waals surface area (Å²) in [7, 11) is 1.57. The van der Waals surface area contributed by atoms with Gasteiger partial charge < -0.3 is 15.8 Å². The number of amides is 1. The molecular weight excluding hydrogens is 590 g/mol. The van der Waals surface area contributed by atoms with E-state index in [2.05, 4.69) is 21.6 Å². The highest BCUT2D eigenvalue weighted by Gasteiger charge is 2.45. The minimum Gasteiger partial charge on any atom is -0.497 e. The number of ketones is 1. The molecular formula is C29H27N7O5S2. The van der Waals surface area contributed by atoms with Crippen molar-refractivity contribution in [1.82, 2.24) is 10.2 Å². The predicted molar refractivity (Wildman–Crippen MR) is 162 cm³/mol. The van der Waals surface area contributed by atoms with Gasteiger partial charge in [0, 0.05) is 35.5 Å². The number of thioether (sulfide) groups is 1. The van der Waals surface area contributed by atoms with Gasteiger partial charge in [-0.1, -0.05) is 55.1 Å². The molecule has 2 aliphatic rings. The molecule has 3 N–H and O–H groups in total. The quantitative estimate of drug-likeness (QED) is 0.195. The second-order valence-corrected chi connectivity index (χ2v) is 12.9. The van der Waals surface area contributed by atoms with Crippen molar-refractivity contribution in [3.05, 3.63) is 86.9 Å². The van der Waals surface area contributed by atoms with Crippen molar-refractivity contribution in [2.45, 2.75) is 36.9 Å². The summed E-state index contributed by atoms with van der Waals surface area (Å²) in [6, 6.07) is 15.1. The summed E-state index contributed by atoms with van der Waals surface area (Å²) in [5.41, 5.74) is 8.68. The fraction of sp³-hybridized carbons (Fsp3) is 0.276. The van der Waals surface area contributed by atoms with Crippen molar-refractivity contribution in [3.63, 3.8) is 0 Å². The highest BCUT2D eigenvalue weighted by atomic mass is 32.2. The molecule has 0 saturated carbocycles. The van der Waals surface area contributed by atoms with Gasteiger partial charge in [-0.3, -0.25) is 24.6 Å². The Kier molecular flexibility index (Phi) is 8.21. The first-order valence-electron chi connectivity index (χ1n) is 13.1. The maximum atomic E-state index is 13.7. The van der Waals surface area contributed by atoms with Gasteiger partial charge in [-0.05, 0) is 35.6 Å². The number of nitriles is 1. The summed E-state index contributed by atoms with van der Waals surface area (Å²) in [6.07, 6.45) is 0.843. The molecule has 1 aliphatic carbocycles. The number of anilines is 2. The highest BCUT2D eigenvalue weighted by molar-refractivity contribution is 8.01. The van der Waals surface area contributed by atoms with Gasteiger partial charge >= 0.3 is 0 Å². The summed E-state index contributed by atoms with van der Waals surface area (Å²) in [4.78, 5) is 38.4. The predicted octanol–water partition coefficient (Wildman–Crippen LogP) is 5.13. The van der Waals surface area contributed by atoms with Crippen LogP contribution in [0.5, 0.6) is 5.75 Å². The number of hydrogen-bond acceptors (Lipinski definition) is 12. The molecule has 1 atom stereocenters. The van der Waals surface area contributed by atoms with Gasteiger partial charge in [-0.15, -0.1) is 10.2 Å². The molecule has 2 aromatic carbocycles. The highest BCUT2D eigenvalue weighted by Crippen LogP contribution is 2.50. The van der Waals surface area contributed by atoms with E-state index in [4.69, 9.17) is 10.5 Å². The SMILES string of the molecule is COc1ccc(C2C(C#N)=C(N)N(c3nnc(SCC(=O)Nc4cccc([N+](=O)[O-])c4)s3)C3=C2C(=O)CC(C)(C)C3)cc1. The maximum Gasteiger partial charge on any atom is 0.271 e. The lowest BCUT2D eigenvalue weighted by Gasteiger charge is -2.42. The van der Waals surface area contributed by atoms with Crippen LogP contribution in [-0.2, 0) is 9.59 Å². The molecule has 220 valence electrons. The smallest absolute Gasteiger partial charge is 0.271 e. The van der Waals surface area contributed by atoms with E-state index in [-0.39, 0.29) is 39.9 Å². The van der Waals surface area contributed by atoms with E-state index in [1.165, 1.54) is 29.5 Å². The number of non-ortho nitro benzene ring substituents is 1. The van der Waals surface area contributed by atoms with Gasteiger partial charge in [0.2, 0.25) is 11.0 Å². The van der Waals surface area contributed by atoms with E-state index in [0.29, 0.717) is 45.0 Å². The number of carbonyl (C=O) groups excluding carboxylic acids is 2. The number of nitrogens with two attached hydrogens (primary N) is 1. The molecule has 14 heteroatoms. The van der Waals surface area contributed by atoms with Crippen LogP contribution in [0.25, 0.3) is 0 Å². The first kappa shape index (κ1) is 29.7. The number of benzene rings is 2. The summed E-state index contributed by atoms with van der Waals surface area (Å²) < 4.78 is 5.76. The Bertz CT molecular complexity index is 1720. The van der Waals surface area contributed by atoms with Gasteiger partial charge in [-0.2, -0.15) is 5.26 Å². The zero-order chi connectivity index (χ0) is 30.9. The molecule has 0 bridgehead atoms. The standard InChI is InChI=1S/C29H27N7O5S2/c1-29(2)12-21-25(22(37)13-29)24(16-7-9-19(41-3)10-8-16)20(14-30)26(31)35(21)27-33-34-28(43-27)42-15-23(38)32-17-5-4-6-18(11-17)36(39)40/h4-11,24H,12-13,15,31H2,1-3H3,(H,32,38). The molecule has 1 unspecified atom stereocenters. The number of allylic oxidation sites excluding steroid dienone is 3. The van der Waals surface area contributed by atoms with E-state index >= 15 is 0 Å². The molecule has 12 nitrogen and oxygen atoms in total. The van der Waals surface area contributed by atoms with Crippen LogP contribution in [0.2, 0.25) is 0 Å². The second-order valence-electron chi connectivity index (χ2n) is 10.7. The molecule has 1 aromatic heterocycles. The zero-order valence-corrected chi connectivity index (χ0v) is 25.1. The van der Waals surface area contributed by atoms with Crippen molar-refractivity contribution in [1.29, 1.82) is 5.26 Å². The molecule has 0 spiro atoms. The number of nitro groups is 1. The third-order valence-corrected chi connectivity index (χ3v) is 9.13. The number of rotatable bonds is 8. The van der Waals surface area contributed by atoms with Gasteiger partial charge in [-0.25, -0.2) is 0 Å². The number of ether oxygens (including phenoxy) is 1. The van der Waals surface area contributed by atoms with Crippen molar-refractivity contribution < 1.29 is 19.2 Å². The monoisotopic (exact) mass is 617 g/mol. The molecule has 0 radical (unpaired) electrons. The summed E-state index contributed by atoms with van der Waals surface area (Å²) >= 11 is 2.32. The van der Waals surface area contributed by atoms with Crippen LogP contribution in [0.4, 0.5) is 16.5 Å². The molecule has 2 heterocycles. The Morgan fingerprint density at radius 2 is 2.02 bits per heavy atom. The lowest BCUT2D eigenvalue weighted by Crippen LogP contribution is -2.42. The molecule has 0 fully saturated rings. The average molecular weight is 618 g/mol.